The summed E-state index contributed by atoms with van der Waals surface area (Å²) in [5.74, 6) is 0.926. The number of hydrogen-bond acceptors (Lipinski definition) is 2. The minimum atomic E-state index is 0.0453. The van der Waals surface area contributed by atoms with Crippen molar-refractivity contribution < 1.29 is 9.53 Å². The fourth-order valence-electron chi connectivity index (χ4n) is 2.30. The largest absolute Gasteiger partial charge is 0.493 e. The zero-order valence-electron chi connectivity index (χ0n) is 10.7. The normalized spacial score (nSPS) is 12.9. The molecule has 0 spiro atoms. The maximum Gasteiger partial charge on any atom is 0.167 e. The average Bonchev–Trinajstić information content (AvgIpc) is 2.89. The summed E-state index contributed by atoms with van der Waals surface area (Å²) in [5, 5.41) is 1.09. The summed E-state index contributed by atoms with van der Waals surface area (Å²) in [5.41, 5.74) is 2.58. The summed E-state index contributed by atoms with van der Waals surface area (Å²) in [6.45, 7) is 0.690. The molecular weight excluding hydrogens is 295 g/mol. The molecule has 1 aliphatic heterocycles. The summed E-state index contributed by atoms with van der Waals surface area (Å²) in [6, 6.07) is 10.8. The first-order chi connectivity index (χ1) is 9.63. The van der Waals surface area contributed by atoms with E-state index in [1.165, 1.54) is 0 Å². The third-order valence-electron chi connectivity index (χ3n) is 3.38. The molecule has 0 aliphatic carbocycles. The third-order valence-corrected chi connectivity index (χ3v) is 3.96. The highest BCUT2D eigenvalue weighted by molar-refractivity contribution is 6.35. The van der Waals surface area contributed by atoms with Crippen molar-refractivity contribution in [3.8, 4) is 5.75 Å². The molecule has 0 fully saturated rings. The molecule has 0 amide bonds. The Labute approximate surface area is 127 Å². The molecule has 0 radical (unpaired) electrons. The zero-order valence-corrected chi connectivity index (χ0v) is 12.2. The lowest BCUT2D eigenvalue weighted by molar-refractivity contribution is 0.0993. The van der Waals surface area contributed by atoms with Gasteiger partial charge in [0.25, 0.3) is 0 Å². The number of carbonyl (C=O) groups is 1. The number of fused-ring (bicyclic) bond motifs is 1. The summed E-state index contributed by atoms with van der Waals surface area (Å²) in [6.07, 6.45) is 1.13. The Bertz CT molecular complexity index is 680. The molecular formula is C16H12Cl2O2. The molecule has 20 heavy (non-hydrogen) atoms. The van der Waals surface area contributed by atoms with Gasteiger partial charge in [-0.25, -0.2) is 0 Å². The van der Waals surface area contributed by atoms with Gasteiger partial charge in [0.15, 0.2) is 5.78 Å². The molecule has 0 bridgehead atoms. The number of ketones is 1. The van der Waals surface area contributed by atoms with E-state index in [4.69, 9.17) is 27.9 Å². The number of carbonyl (C=O) groups excluding carboxylic acids is 1. The van der Waals surface area contributed by atoms with E-state index in [1.54, 1.807) is 24.3 Å². The monoisotopic (exact) mass is 306 g/mol. The van der Waals surface area contributed by atoms with E-state index < -0.39 is 0 Å². The lowest BCUT2D eigenvalue weighted by Gasteiger charge is -2.06. The van der Waals surface area contributed by atoms with Crippen molar-refractivity contribution >= 4 is 29.0 Å². The Balaban J connectivity index is 1.82. The van der Waals surface area contributed by atoms with Gasteiger partial charge < -0.3 is 4.74 Å². The fourth-order valence-corrected chi connectivity index (χ4v) is 2.78. The first kappa shape index (κ1) is 13.5. The van der Waals surface area contributed by atoms with Crippen LogP contribution in [-0.4, -0.2) is 12.4 Å². The van der Waals surface area contributed by atoms with Crippen LogP contribution in [0.2, 0.25) is 10.0 Å². The molecule has 0 saturated heterocycles. The Morgan fingerprint density at radius 2 is 2.00 bits per heavy atom. The summed E-state index contributed by atoms with van der Waals surface area (Å²) < 4.78 is 5.44. The Kier molecular flexibility index (Phi) is 3.68. The maximum atomic E-state index is 12.3. The fraction of sp³-hybridized carbons (Fsp3) is 0.188. The van der Waals surface area contributed by atoms with Crippen LogP contribution in [0.5, 0.6) is 5.75 Å². The van der Waals surface area contributed by atoms with Gasteiger partial charge in [-0.2, -0.15) is 0 Å². The molecule has 0 N–H and O–H groups in total. The second-order valence-corrected chi connectivity index (χ2v) is 5.60. The van der Waals surface area contributed by atoms with Gasteiger partial charge in [0, 0.05) is 28.5 Å². The van der Waals surface area contributed by atoms with Crippen LogP contribution in [0.4, 0.5) is 0 Å². The Hall–Kier alpha value is -1.51. The third kappa shape index (κ3) is 2.67. The quantitative estimate of drug-likeness (QED) is 0.788. The SMILES string of the molecule is O=C(Cc1ccc(Cl)cc1Cl)c1ccc2c(c1)CCO2. The topological polar surface area (TPSA) is 26.3 Å². The molecule has 0 saturated carbocycles. The molecule has 102 valence electrons. The predicted molar refractivity (Wildman–Crippen MR) is 80.1 cm³/mol. The lowest BCUT2D eigenvalue weighted by Crippen LogP contribution is -2.04. The maximum absolute atomic E-state index is 12.3. The number of benzene rings is 2. The number of hydrogen-bond donors (Lipinski definition) is 0. The molecule has 3 rings (SSSR count). The van der Waals surface area contributed by atoms with E-state index in [9.17, 15) is 4.79 Å². The van der Waals surface area contributed by atoms with Gasteiger partial charge in [0.1, 0.15) is 5.75 Å². The lowest BCUT2D eigenvalue weighted by atomic mass is 10.0. The van der Waals surface area contributed by atoms with Crippen molar-refractivity contribution in [2.75, 3.05) is 6.61 Å². The Morgan fingerprint density at radius 3 is 2.80 bits per heavy atom. The average molecular weight is 307 g/mol. The van der Waals surface area contributed by atoms with Gasteiger partial charge in [-0.1, -0.05) is 29.3 Å². The van der Waals surface area contributed by atoms with Crippen LogP contribution in [0.15, 0.2) is 36.4 Å². The summed E-state index contributed by atoms with van der Waals surface area (Å²) in [4.78, 5) is 12.3. The van der Waals surface area contributed by atoms with Crippen molar-refractivity contribution in [1.82, 2.24) is 0 Å². The second-order valence-electron chi connectivity index (χ2n) is 4.76. The van der Waals surface area contributed by atoms with Gasteiger partial charge in [0.05, 0.1) is 6.61 Å². The van der Waals surface area contributed by atoms with Crippen molar-refractivity contribution in [1.29, 1.82) is 0 Å². The van der Waals surface area contributed by atoms with Crippen LogP contribution in [0.1, 0.15) is 21.5 Å². The Morgan fingerprint density at radius 1 is 1.15 bits per heavy atom. The van der Waals surface area contributed by atoms with Crippen molar-refractivity contribution in [3.05, 3.63) is 63.1 Å². The van der Waals surface area contributed by atoms with Gasteiger partial charge in [-0.3, -0.25) is 4.79 Å². The number of ether oxygens (including phenoxy) is 1. The van der Waals surface area contributed by atoms with Gasteiger partial charge in [-0.15, -0.1) is 0 Å². The molecule has 0 atom stereocenters. The summed E-state index contributed by atoms with van der Waals surface area (Å²) >= 11 is 11.9. The molecule has 2 nitrogen and oxygen atoms in total. The standard InChI is InChI=1S/C16H12Cl2O2/c17-13-3-1-10(14(18)9-13)8-15(19)11-2-4-16-12(7-11)5-6-20-16/h1-4,7,9H,5-6,8H2. The van der Waals surface area contributed by atoms with Gasteiger partial charge >= 0.3 is 0 Å². The minimum Gasteiger partial charge on any atom is -0.493 e. The van der Waals surface area contributed by atoms with E-state index in [1.807, 2.05) is 12.1 Å². The van der Waals surface area contributed by atoms with Crippen LogP contribution in [0, 0.1) is 0 Å². The van der Waals surface area contributed by atoms with Crippen LogP contribution in [0.25, 0.3) is 0 Å². The van der Waals surface area contributed by atoms with Crippen LogP contribution < -0.4 is 4.74 Å². The predicted octanol–water partition coefficient (Wildman–Crippen LogP) is 4.35. The van der Waals surface area contributed by atoms with E-state index in [2.05, 4.69) is 0 Å². The van der Waals surface area contributed by atoms with Gasteiger partial charge in [0.2, 0.25) is 0 Å². The molecule has 1 heterocycles. The van der Waals surface area contributed by atoms with Crippen molar-refractivity contribution in [2.24, 2.45) is 0 Å². The van der Waals surface area contributed by atoms with E-state index in [-0.39, 0.29) is 12.2 Å². The van der Waals surface area contributed by atoms with Crippen LogP contribution in [0.3, 0.4) is 0 Å². The van der Waals surface area contributed by atoms with E-state index in [0.717, 1.165) is 23.3 Å². The highest BCUT2D eigenvalue weighted by Gasteiger charge is 2.16. The highest BCUT2D eigenvalue weighted by Crippen LogP contribution is 2.27. The minimum absolute atomic E-state index is 0.0453. The van der Waals surface area contributed by atoms with E-state index in [0.29, 0.717) is 22.2 Å². The molecule has 1 aliphatic rings. The molecule has 0 unspecified atom stereocenters. The first-order valence-corrected chi connectivity index (χ1v) is 7.12. The summed E-state index contributed by atoms with van der Waals surface area (Å²) in [7, 11) is 0. The van der Waals surface area contributed by atoms with Crippen molar-refractivity contribution in [2.45, 2.75) is 12.8 Å². The zero-order chi connectivity index (χ0) is 14.1. The molecule has 0 aromatic heterocycles. The molecule has 4 heteroatoms. The second kappa shape index (κ2) is 5.47. The van der Waals surface area contributed by atoms with Gasteiger partial charge in [-0.05, 0) is 41.5 Å². The first-order valence-electron chi connectivity index (χ1n) is 6.36. The molecule has 2 aromatic rings. The molecule has 2 aromatic carbocycles. The van der Waals surface area contributed by atoms with E-state index >= 15 is 0 Å². The van der Waals surface area contributed by atoms with Crippen LogP contribution in [-0.2, 0) is 12.8 Å². The number of Topliss-reactive ketones (excluding diaryl/α,β-unsaturated/α-hetero) is 1. The number of rotatable bonds is 3. The highest BCUT2D eigenvalue weighted by atomic mass is 35.5. The van der Waals surface area contributed by atoms with Crippen molar-refractivity contribution in [3.63, 3.8) is 0 Å². The number of halogens is 2. The smallest absolute Gasteiger partial charge is 0.167 e. The van der Waals surface area contributed by atoms with Crippen LogP contribution >= 0.6 is 23.2 Å².